The summed E-state index contributed by atoms with van der Waals surface area (Å²) in [5, 5.41) is 10.1. The van der Waals surface area contributed by atoms with Crippen molar-refractivity contribution in [2.24, 2.45) is 17.1 Å². The smallest absolute Gasteiger partial charge is 0.421 e. The average molecular weight is 451 g/mol. The van der Waals surface area contributed by atoms with Crippen molar-refractivity contribution in [1.29, 1.82) is 0 Å². The van der Waals surface area contributed by atoms with Gasteiger partial charge in [0.05, 0.1) is 24.7 Å². The molecule has 0 spiro atoms. The summed E-state index contributed by atoms with van der Waals surface area (Å²) in [7, 11) is -3.21. The third kappa shape index (κ3) is 5.59. The number of primary amides is 1. The van der Waals surface area contributed by atoms with Gasteiger partial charge in [-0.3, -0.25) is 9.59 Å². The van der Waals surface area contributed by atoms with Crippen LogP contribution in [0.2, 0.25) is 0 Å². The molecule has 0 aliphatic carbocycles. The van der Waals surface area contributed by atoms with Gasteiger partial charge in [0.15, 0.2) is 0 Å². The molecule has 3 N–H and O–H groups in total. The summed E-state index contributed by atoms with van der Waals surface area (Å²) in [6.45, 7) is 4.68. The zero-order chi connectivity index (χ0) is 22.9. The number of urea groups is 1. The van der Waals surface area contributed by atoms with Gasteiger partial charge in [-0.1, -0.05) is 13.8 Å². The van der Waals surface area contributed by atoms with Crippen LogP contribution in [0.5, 0.6) is 0 Å². The Morgan fingerprint density at radius 2 is 1.97 bits per heavy atom. The lowest BCUT2D eigenvalue weighted by Crippen LogP contribution is -2.47. The molecule has 0 radical (unpaired) electrons. The van der Waals surface area contributed by atoms with Crippen LogP contribution in [-0.4, -0.2) is 79.8 Å². The molecule has 0 aromatic carbocycles. The first-order valence-corrected chi connectivity index (χ1v) is 10.8. The normalized spacial score (nSPS) is 24.1. The Labute approximate surface area is 175 Å². The van der Waals surface area contributed by atoms with Gasteiger partial charge in [-0.25, -0.2) is 8.98 Å². The molecule has 0 saturated carbocycles. The van der Waals surface area contributed by atoms with Crippen molar-refractivity contribution in [1.82, 2.24) is 9.96 Å². The lowest BCUT2D eigenvalue weighted by atomic mass is 9.81. The van der Waals surface area contributed by atoms with Crippen LogP contribution in [0.4, 0.5) is 4.79 Å². The van der Waals surface area contributed by atoms with Crippen molar-refractivity contribution in [2.45, 2.75) is 58.2 Å². The molecule has 2 unspecified atom stereocenters. The van der Waals surface area contributed by atoms with Crippen molar-refractivity contribution in [3.63, 3.8) is 0 Å². The van der Waals surface area contributed by atoms with E-state index in [1.54, 1.807) is 20.8 Å². The SMILES string of the molecule is COC(C)C(CC(C)(C)COS(=O)(=O)ON1C(=O)N2C[C@H]1CC[C@H]2C(N)=O)C(=O)O. The second kappa shape index (κ2) is 9.04. The number of fused-ring (bicyclic) bond motifs is 2. The van der Waals surface area contributed by atoms with Gasteiger partial charge in [0.2, 0.25) is 5.91 Å². The molecule has 2 rings (SSSR count). The Kier molecular flexibility index (Phi) is 7.32. The molecular formula is C17H29N3O9S. The summed E-state index contributed by atoms with van der Waals surface area (Å²) in [5.41, 5.74) is 4.44. The molecule has 0 aromatic rings. The van der Waals surface area contributed by atoms with E-state index in [0.29, 0.717) is 17.9 Å². The van der Waals surface area contributed by atoms with Gasteiger partial charge >= 0.3 is 22.4 Å². The number of nitrogens with zero attached hydrogens (tertiary/aromatic N) is 2. The number of carbonyl (C=O) groups excluding carboxylic acids is 2. The molecule has 172 valence electrons. The number of hydrogen-bond donors (Lipinski definition) is 2. The van der Waals surface area contributed by atoms with Gasteiger partial charge in [0.25, 0.3) is 0 Å². The van der Waals surface area contributed by atoms with Crippen molar-refractivity contribution >= 4 is 28.3 Å². The number of hydroxylamine groups is 2. The van der Waals surface area contributed by atoms with Crippen LogP contribution in [0.25, 0.3) is 0 Å². The molecule has 2 heterocycles. The minimum absolute atomic E-state index is 0.0895. The van der Waals surface area contributed by atoms with Crippen LogP contribution >= 0.6 is 0 Å². The van der Waals surface area contributed by atoms with E-state index < -0.39 is 57.8 Å². The second-order valence-corrected chi connectivity index (χ2v) is 9.61. The molecule has 2 aliphatic heterocycles. The summed E-state index contributed by atoms with van der Waals surface area (Å²) < 4.78 is 39.5. The highest BCUT2D eigenvalue weighted by molar-refractivity contribution is 7.81. The van der Waals surface area contributed by atoms with E-state index >= 15 is 0 Å². The topological polar surface area (TPSA) is 166 Å². The van der Waals surface area contributed by atoms with Crippen LogP contribution in [0, 0.1) is 11.3 Å². The predicted molar refractivity (Wildman–Crippen MR) is 102 cm³/mol. The first-order valence-electron chi connectivity index (χ1n) is 9.51. The second-order valence-electron chi connectivity index (χ2n) is 8.41. The van der Waals surface area contributed by atoms with E-state index in [9.17, 15) is 27.9 Å². The Morgan fingerprint density at radius 1 is 1.33 bits per heavy atom. The van der Waals surface area contributed by atoms with Crippen LogP contribution in [0.15, 0.2) is 0 Å². The van der Waals surface area contributed by atoms with Crippen molar-refractivity contribution in [3.8, 4) is 0 Å². The molecule has 2 aliphatic rings. The standard InChI is InChI=1S/C17H29N3O9S/c1-10(27-4)12(15(22)23)7-17(2,3)9-28-30(25,26)29-20-11-5-6-13(14(18)21)19(8-11)16(20)24/h10-13H,5-9H2,1-4H3,(H2,18,21)(H,22,23)/t10?,11-,12?,13+/m1/s1. The molecule has 2 bridgehead atoms. The number of carboxylic acids is 1. The fourth-order valence-corrected chi connectivity index (χ4v) is 4.54. The number of piperidine rings is 1. The van der Waals surface area contributed by atoms with Gasteiger partial charge in [0.1, 0.15) is 6.04 Å². The van der Waals surface area contributed by atoms with Crippen LogP contribution in [0.3, 0.4) is 0 Å². The third-order valence-corrected chi connectivity index (χ3v) is 6.19. The van der Waals surface area contributed by atoms with Gasteiger partial charge in [-0.15, -0.1) is 4.28 Å². The number of methoxy groups -OCH3 is 1. The number of carboxylic acid groups (broad SMARTS) is 1. The molecular weight excluding hydrogens is 422 g/mol. The van der Waals surface area contributed by atoms with Gasteiger partial charge in [0, 0.05) is 13.7 Å². The first-order chi connectivity index (χ1) is 13.8. The maximum atomic E-state index is 12.4. The Morgan fingerprint density at radius 3 is 2.50 bits per heavy atom. The zero-order valence-electron chi connectivity index (χ0n) is 17.4. The van der Waals surface area contributed by atoms with Gasteiger partial charge in [-0.2, -0.15) is 13.5 Å². The van der Waals surface area contributed by atoms with Crippen LogP contribution in [-0.2, 0) is 33.2 Å². The number of aliphatic carboxylic acids is 1. The first kappa shape index (κ1) is 24.3. The Bertz CT molecular complexity index is 785. The van der Waals surface area contributed by atoms with Gasteiger partial charge < -0.3 is 20.5 Å². The largest absolute Gasteiger partial charge is 0.481 e. The van der Waals surface area contributed by atoms with Crippen molar-refractivity contribution in [3.05, 3.63) is 0 Å². The molecule has 2 fully saturated rings. The predicted octanol–water partition coefficient (Wildman–Crippen LogP) is 0.0853. The van der Waals surface area contributed by atoms with Crippen molar-refractivity contribution < 1.29 is 41.1 Å². The van der Waals surface area contributed by atoms with Crippen LogP contribution < -0.4 is 5.73 Å². The van der Waals surface area contributed by atoms with Crippen molar-refractivity contribution in [2.75, 3.05) is 20.3 Å². The van der Waals surface area contributed by atoms with E-state index in [-0.39, 0.29) is 19.6 Å². The highest BCUT2D eigenvalue weighted by atomic mass is 32.3. The average Bonchev–Trinajstić information content (AvgIpc) is 2.88. The highest BCUT2D eigenvalue weighted by Gasteiger charge is 2.49. The van der Waals surface area contributed by atoms with E-state index in [1.807, 2.05) is 0 Å². The van der Waals surface area contributed by atoms with Gasteiger partial charge in [-0.05, 0) is 31.6 Å². The molecule has 3 amide bonds. The minimum atomic E-state index is -4.61. The van der Waals surface area contributed by atoms with E-state index in [2.05, 4.69) is 0 Å². The molecule has 2 saturated heterocycles. The summed E-state index contributed by atoms with van der Waals surface area (Å²) in [6.07, 6.45) is 0.176. The van der Waals surface area contributed by atoms with E-state index in [4.69, 9.17) is 18.9 Å². The quantitative estimate of drug-likeness (QED) is 0.442. The Hall–Kier alpha value is -1.96. The van der Waals surface area contributed by atoms with E-state index in [1.165, 1.54) is 12.0 Å². The lowest BCUT2D eigenvalue weighted by Gasteiger charge is -2.30. The number of ether oxygens (including phenoxy) is 1. The summed E-state index contributed by atoms with van der Waals surface area (Å²) in [6, 6.07) is -2.12. The summed E-state index contributed by atoms with van der Waals surface area (Å²) in [4.78, 5) is 36.6. The highest BCUT2D eigenvalue weighted by Crippen LogP contribution is 2.32. The minimum Gasteiger partial charge on any atom is -0.481 e. The number of amides is 3. The molecule has 0 aromatic heterocycles. The number of nitrogens with two attached hydrogens (primary N) is 1. The Balaban J connectivity index is 1.99. The maximum Gasteiger partial charge on any atom is 0.421 e. The van der Waals surface area contributed by atoms with E-state index in [0.717, 1.165) is 0 Å². The summed E-state index contributed by atoms with van der Waals surface area (Å²) in [5.74, 6) is -2.59. The fraction of sp³-hybridized carbons (Fsp3) is 0.824. The van der Waals surface area contributed by atoms with Crippen LogP contribution in [0.1, 0.15) is 40.0 Å². The molecule has 13 heteroatoms. The number of rotatable bonds is 11. The maximum absolute atomic E-state index is 12.4. The molecule has 30 heavy (non-hydrogen) atoms. The number of hydrogen-bond acceptors (Lipinski definition) is 8. The zero-order valence-corrected chi connectivity index (χ0v) is 18.3. The summed E-state index contributed by atoms with van der Waals surface area (Å²) >= 11 is 0. The number of carbonyl (C=O) groups is 3. The fourth-order valence-electron chi connectivity index (χ4n) is 3.65. The lowest BCUT2D eigenvalue weighted by molar-refractivity contribution is -0.148. The monoisotopic (exact) mass is 451 g/mol. The molecule has 12 nitrogen and oxygen atoms in total. The third-order valence-electron chi connectivity index (χ3n) is 5.45. The molecule has 4 atom stereocenters.